The fourth-order valence-corrected chi connectivity index (χ4v) is 4.21. The van der Waals surface area contributed by atoms with E-state index in [-0.39, 0.29) is 12.1 Å². The molecular weight excluding hydrogens is 240 g/mol. The molecule has 0 heterocycles. The Balaban J connectivity index is 2.15. The molecule has 1 N–H and O–H groups in total. The summed E-state index contributed by atoms with van der Waals surface area (Å²) in [5.41, 5.74) is -0.334. The molecule has 0 aromatic heterocycles. The Morgan fingerprint density at radius 3 is 2.58 bits per heavy atom. The molecule has 2 fully saturated rings. The summed E-state index contributed by atoms with van der Waals surface area (Å²) in [7, 11) is 0. The largest absolute Gasteiger partial charge is 0.462 e. The molecule has 0 amide bonds. The van der Waals surface area contributed by atoms with Gasteiger partial charge in [-0.1, -0.05) is 6.92 Å². The third-order valence-corrected chi connectivity index (χ3v) is 5.50. The summed E-state index contributed by atoms with van der Waals surface area (Å²) in [6.45, 7) is 7.66. The molecule has 0 aromatic carbocycles. The van der Waals surface area contributed by atoms with Crippen molar-refractivity contribution in [2.24, 2.45) is 17.3 Å². The average Bonchev–Trinajstić information content (AvgIpc) is 2.26. The molecule has 2 aliphatic carbocycles. The molecule has 3 nitrogen and oxygen atoms in total. The van der Waals surface area contributed by atoms with Gasteiger partial charge in [0.25, 0.3) is 0 Å². The highest BCUT2D eigenvalue weighted by Crippen LogP contribution is 2.54. The van der Waals surface area contributed by atoms with E-state index < -0.39 is 5.60 Å². The highest BCUT2D eigenvalue weighted by molar-refractivity contribution is 5.66. The van der Waals surface area contributed by atoms with E-state index in [9.17, 15) is 9.90 Å². The van der Waals surface area contributed by atoms with Crippen LogP contribution in [0, 0.1) is 17.3 Å². The normalized spacial score (nSPS) is 39.5. The summed E-state index contributed by atoms with van der Waals surface area (Å²) in [5, 5.41) is 10.3. The summed E-state index contributed by atoms with van der Waals surface area (Å²) in [5.74, 6) is 0.566. The van der Waals surface area contributed by atoms with Crippen molar-refractivity contribution in [3.8, 4) is 0 Å². The summed E-state index contributed by atoms with van der Waals surface area (Å²) in [6, 6.07) is 0. The van der Waals surface area contributed by atoms with Crippen LogP contribution in [-0.4, -0.2) is 22.8 Å². The molecule has 2 aliphatic rings. The Morgan fingerprint density at radius 2 is 2.00 bits per heavy atom. The summed E-state index contributed by atoms with van der Waals surface area (Å²) in [4.78, 5) is 11.3. The quantitative estimate of drug-likeness (QED) is 0.782. The molecule has 0 radical (unpaired) electrons. The van der Waals surface area contributed by atoms with Crippen LogP contribution in [0.2, 0.25) is 0 Å². The van der Waals surface area contributed by atoms with Crippen molar-refractivity contribution in [3.63, 3.8) is 0 Å². The van der Waals surface area contributed by atoms with Gasteiger partial charge < -0.3 is 9.84 Å². The van der Waals surface area contributed by atoms with Crippen molar-refractivity contribution in [2.75, 3.05) is 0 Å². The van der Waals surface area contributed by atoms with Gasteiger partial charge in [0.15, 0.2) is 0 Å². The van der Waals surface area contributed by atoms with Gasteiger partial charge in [0.1, 0.15) is 6.10 Å². The number of aliphatic hydroxyl groups is 1. The van der Waals surface area contributed by atoms with Crippen molar-refractivity contribution in [3.05, 3.63) is 0 Å². The first kappa shape index (κ1) is 14.8. The maximum absolute atomic E-state index is 11.3. The Labute approximate surface area is 116 Å². The van der Waals surface area contributed by atoms with Crippen molar-refractivity contribution in [1.29, 1.82) is 0 Å². The topological polar surface area (TPSA) is 46.5 Å². The molecule has 2 saturated carbocycles. The molecule has 0 saturated heterocycles. The van der Waals surface area contributed by atoms with E-state index in [0.29, 0.717) is 17.3 Å². The minimum atomic E-state index is -0.625. The van der Waals surface area contributed by atoms with Crippen LogP contribution in [0.1, 0.15) is 66.2 Å². The van der Waals surface area contributed by atoms with Crippen LogP contribution in [0.25, 0.3) is 0 Å². The molecule has 110 valence electrons. The first-order chi connectivity index (χ1) is 8.72. The van der Waals surface area contributed by atoms with Gasteiger partial charge in [-0.15, -0.1) is 0 Å². The van der Waals surface area contributed by atoms with Crippen LogP contribution in [0.5, 0.6) is 0 Å². The number of ether oxygens (including phenoxy) is 1. The molecule has 4 atom stereocenters. The standard InChI is InChI=1S/C16H28O3/c1-11(17)19-14-6-5-8-16(4)9-7-12(10-13(14)16)15(2,3)18/h12-14,18H,5-10H2,1-4H3/t12-,13+,14+,16-/m1/s1. The van der Waals surface area contributed by atoms with Crippen LogP contribution >= 0.6 is 0 Å². The predicted molar refractivity (Wildman–Crippen MR) is 74.6 cm³/mol. The molecule has 0 unspecified atom stereocenters. The fraction of sp³-hybridized carbons (Fsp3) is 0.938. The summed E-state index contributed by atoms with van der Waals surface area (Å²) >= 11 is 0. The van der Waals surface area contributed by atoms with E-state index in [4.69, 9.17) is 4.74 Å². The molecule has 0 aliphatic heterocycles. The van der Waals surface area contributed by atoms with Crippen molar-refractivity contribution in [2.45, 2.75) is 77.9 Å². The number of esters is 1. The minimum absolute atomic E-state index is 0.0569. The van der Waals surface area contributed by atoms with Crippen LogP contribution in [0.15, 0.2) is 0 Å². The number of carbonyl (C=O) groups excluding carboxylic acids is 1. The van der Waals surface area contributed by atoms with Crippen LogP contribution in [0.4, 0.5) is 0 Å². The Morgan fingerprint density at radius 1 is 1.32 bits per heavy atom. The molecule has 0 aromatic rings. The third kappa shape index (κ3) is 3.13. The summed E-state index contributed by atoms with van der Waals surface area (Å²) in [6.07, 6.45) is 6.64. The lowest BCUT2D eigenvalue weighted by Gasteiger charge is -2.52. The molecule has 0 bridgehead atoms. The first-order valence-corrected chi connectivity index (χ1v) is 7.62. The van der Waals surface area contributed by atoms with E-state index in [1.807, 2.05) is 13.8 Å². The lowest BCUT2D eigenvalue weighted by molar-refractivity contribution is -0.162. The van der Waals surface area contributed by atoms with E-state index in [1.54, 1.807) is 0 Å². The SMILES string of the molecule is CC(=O)O[C@H]1CCC[C@]2(C)CC[C@@H](C(C)(C)O)C[C@@H]12. The zero-order chi connectivity index (χ0) is 14.3. The van der Waals surface area contributed by atoms with E-state index in [2.05, 4.69) is 6.92 Å². The second kappa shape index (κ2) is 5.08. The number of rotatable bonds is 2. The second-order valence-electron chi connectivity index (χ2n) is 7.43. The monoisotopic (exact) mass is 268 g/mol. The van der Waals surface area contributed by atoms with Crippen LogP contribution in [0.3, 0.4) is 0 Å². The van der Waals surface area contributed by atoms with Gasteiger partial charge in [-0.2, -0.15) is 0 Å². The van der Waals surface area contributed by atoms with Gasteiger partial charge in [0.05, 0.1) is 5.60 Å². The number of hydrogen-bond donors (Lipinski definition) is 1. The highest BCUT2D eigenvalue weighted by Gasteiger charge is 2.49. The van der Waals surface area contributed by atoms with E-state index in [1.165, 1.54) is 13.3 Å². The van der Waals surface area contributed by atoms with Crippen molar-refractivity contribution < 1.29 is 14.6 Å². The molecule has 19 heavy (non-hydrogen) atoms. The van der Waals surface area contributed by atoms with Crippen LogP contribution < -0.4 is 0 Å². The lowest BCUT2D eigenvalue weighted by atomic mass is 9.55. The molecule has 2 rings (SSSR count). The maximum Gasteiger partial charge on any atom is 0.302 e. The Hall–Kier alpha value is -0.570. The second-order valence-corrected chi connectivity index (χ2v) is 7.43. The Kier molecular flexibility index (Phi) is 3.97. The zero-order valence-electron chi connectivity index (χ0n) is 12.7. The number of carbonyl (C=O) groups is 1. The van der Waals surface area contributed by atoms with E-state index >= 15 is 0 Å². The van der Waals surface area contributed by atoms with Gasteiger partial charge >= 0.3 is 5.97 Å². The molecule has 3 heteroatoms. The molecule has 0 spiro atoms. The fourth-order valence-electron chi connectivity index (χ4n) is 4.21. The minimum Gasteiger partial charge on any atom is -0.462 e. The number of hydrogen-bond acceptors (Lipinski definition) is 3. The van der Waals surface area contributed by atoms with Crippen molar-refractivity contribution >= 4 is 5.97 Å². The summed E-state index contributed by atoms with van der Waals surface area (Å²) < 4.78 is 5.57. The number of fused-ring (bicyclic) bond motifs is 1. The van der Waals surface area contributed by atoms with Gasteiger partial charge in [-0.3, -0.25) is 4.79 Å². The van der Waals surface area contributed by atoms with Gasteiger partial charge in [-0.05, 0) is 63.7 Å². The smallest absolute Gasteiger partial charge is 0.302 e. The highest BCUT2D eigenvalue weighted by atomic mass is 16.5. The van der Waals surface area contributed by atoms with Gasteiger partial charge in [0.2, 0.25) is 0 Å². The lowest BCUT2D eigenvalue weighted by Crippen LogP contribution is -2.49. The predicted octanol–water partition coefficient (Wildman–Crippen LogP) is 3.30. The maximum atomic E-state index is 11.3. The van der Waals surface area contributed by atoms with Crippen LogP contribution in [-0.2, 0) is 9.53 Å². The molecular formula is C16H28O3. The van der Waals surface area contributed by atoms with Crippen molar-refractivity contribution in [1.82, 2.24) is 0 Å². The zero-order valence-corrected chi connectivity index (χ0v) is 12.7. The van der Waals surface area contributed by atoms with Gasteiger partial charge in [-0.25, -0.2) is 0 Å². The van der Waals surface area contributed by atoms with Gasteiger partial charge in [0, 0.05) is 12.8 Å². The Bertz CT molecular complexity index is 344. The first-order valence-electron chi connectivity index (χ1n) is 7.62. The average molecular weight is 268 g/mol. The van der Waals surface area contributed by atoms with E-state index in [0.717, 1.165) is 32.1 Å². The third-order valence-electron chi connectivity index (χ3n) is 5.50.